The number of halogens is 4. The first-order chi connectivity index (χ1) is 3.07. The Morgan fingerprint density at radius 2 is 1.71 bits per heavy atom. The maximum Gasteiger partial charge on any atom is 0.547 e. The van der Waals surface area contributed by atoms with Crippen molar-refractivity contribution in [3.8, 4) is 0 Å². The van der Waals surface area contributed by atoms with E-state index in [1.807, 2.05) is 0 Å². The third-order valence-corrected chi connectivity index (χ3v) is 4.02. The third kappa shape index (κ3) is 0.659. The van der Waals surface area contributed by atoms with Crippen molar-refractivity contribution in [1.29, 1.82) is 0 Å². The summed E-state index contributed by atoms with van der Waals surface area (Å²) >= 11 is -2.72. The molecule has 1 aliphatic rings. The lowest BCUT2D eigenvalue weighted by Crippen LogP contribution is -1.94. The van der Waals surface area contributed by atoms with E-state index in [1.54, 1.807) is 0 Å². The first-order valence-electron chi connectivity index (χ1n) is 1.73. The number of hydrogen-bond acceptors (Lipinski definition) is 0. The highest BCUT2D eigenvalue weighted by molar-refractivity contribution is 7.15. The molecular formula is C2HAlClF3. The Morgan fingerprint density at radius 1 is 1.57 bits per heavy atom. The van der Waals surface area contributed by atoms with Crippen LogP contribution in [0.2, 0.25) is 0 Å². The Morgan fingerprint density at radius 3 is 1.71 bits per heavy atom. The molecule has 0 aliphatic carbocycles. The van der Waals surface area contributed by atoms with Gasteiger partial charge in [0.2, 0.25) is 4.78 Å². The van der Waals surface area contributed by atoms with Crippen LogP contribution in [0.1, 0.15) is 0 Å². The summed E-state index contributed by atoms with van der Waals surface area (Å²) in [6.45, 7) is 0. The van der Waals surface area contributed by atoms with Crippen molar-refractivity contribution in [3.05, 3.63) is 0 Å². The molecule has 7 heavy (non-hydrogen) atoms. The van der Waals surface area contributed by atoms with E-state index in [1.165, 1.54) is 0 Å². The minimum absolute atomic E-state index is 1.96. The van der Waals surface area contributed by atoms with Crippen LogP contribution >= 0.6 is 10.0 Å². The van der Waals surface area contributed by atoms with Gasteiger partial charge in [0.05, 0.1) is 0 Å². The molecule has 40 valence electrons. The van der Waals surface area contributed by atoms with E-state index < -0.39 is 23.0 Å². The van der Waals surface area contributed by atoms with Gasteiger partial charge in [0.25, 0.3) is 0 Å². The topological polar surface area (TPSA) is 0 Å². The number of alkyl halides is 3. The van der Waals surface area contributed by atoms with Crippen molar-refractivity contribution in [2.24, 2.45) is 0 Å². The van der Waals surface area contributed by atoms with Crippen LogP contribution in [0.5, 0.6) is 0 Å². The van der Waals surface area contributed by atoms with Crippen molar-refractivity contribution in [3.63, 3.8) is 0 Å². The largest absolute Gasteiger partial charge is 0.547 e. The summed E-state index contributed by atoms with van der Waals surface area (Å²) < 4.78 is 34.4. The molecule has 1 unspecified atom stereocenters. The van der Waals surface area contributed by atoms with Gasteiger partial charge in [0.15, 0.2) is 0 Å². The first kappa shape index (κ1) is 5.74. The van der Waals surface area contributed by atoms with Gasteiger partial charge >= 0.3 is 13.2 Å². The van der Waals surface area contributed by atoms with Crippen LogP contribution in [0.15, 0.2) is 0 Å². The van der Waals surface area contributed by atoms with E-state index in [0.29, 0.717) is 0 Å². The molecule has 0 bridgehead atoms. The quantitative estimate of drug-likeness (QED) is 0.450. The zero-order valence-corrected chi connectivity index (χ0v) is 5.08. The Balaban J connectivity index is 2.52. The van der Waals surface area contributed by atoms with E-state index in [0.717, 1.165) is 0 Å². The lowest BCUT2D eigenvalue weighted by Gasteiger charge is -1.83. The molecule has 0 radical (unpaired) electrons. The van der Waals surface area contributed by atoms with Gasteiger partial charge in [-0.25, -0.2) is 18.8 Å². The van der Waals surface area contributed by atoms with Gasteiger partial charge in [0.1, 0.15) is 5.03 Å². The number of rotatable bonds is 0. The Bertz CT molecular complexity index is 84.9. The molecule has 0 aromatic heterocycles. The molecule has 0 saturated carbocycles. The van der Waals surface area contributed by atoms with Crippen molar-refractivity contribution < 1.29 is 13.2 Å². The monoisotopic (exact) mass is 144 g/mol. The molecule has 1 atom stereocenters. The average molecular weight is 144 g/mol. The molecule has 0 spiro atoms. The zero-order valence-electron chi connectivity index (χ0n) is 3.17. The lowest BCUT2D eigenvalue weighted by molar-refractivity contribution is 0.102. The highest BCUT2D eigenvalue weighted by Gasteiger charge is 2.76. The Hall–Kier alpha value is 0.612. The third-order valence-electron chi connectivity index (χ3n) is 0.883. The summed E-state index contributed by atoms with van der Waals surface area (Å²) in [7, 11) is 4.84. The second-order valence-electron chi connectivity index (χ2n) is 1.48. The van der Waals surface area contributed by atoms with Gasteiger partial charge < -0.3 is 0 Å². The van der Waals surface area contributed by atoms with Crippen LogP contribution in [-0.4, -0.2) is 23.0 Å². The minimum atomic E-state index is -3.10. The second kappa shape index (κ2) is 1.31. The summed E-state index contributed by atoms with van der Waals surface area (Å²) in [5, 5.41) is -1.96. The predicted molar refractivity (Wildman–Crippen MR) is 21.4 cm³/mol. The van der Waals surface area contributed by atoms with E-state index in [4.69, 9.17) is 10.0 Å². The van der Waals surface area contributed by atoms with E-state index >= 15 is 0 Å². The molecule has 1 aliphatic heterocycles. The van der Waals surface area contributed by atoms with E-state index in [2.05, 4.69) is 0 Å². The van der Waals surface area contributed by atoms with Crippen molar-refractivity contribution in [1.82, 2.24) is 0 Å². The van der Waals surface area contributed by atoms with Crippen LogP contribution in [-0.2, 0) is 0 Å². The summed E-state index contributed by atoms with van der Waals surface area (Å²) in [6, 6.07) is 0. The number of hydrogen-bond donors (Lipinski definition) is 0. The van der Waals surface area contributed by atoms with Crippen LogP contribution in [0.25, 0.3) is 0 Å². The van der Waals surface area contributed by atoms with E-state index in [-0.39, 0.29) is 0 Å². The van der Waals surface area contributed by atoms with Gasteiger partial charge in [-0.15, -0.1) is 0 Å². The molecule has 1 rings (SSSR count). The summed E-state index contributed by atoms with van der Waals surface area (Å²) in [4.78, 5) is -3.10. The highest BCUT2D eigenvalue weighted by Crippen LogP contribution is 2.45. The van der Waals surface area contributed by atoms with Crippen molar-refractivity contribution >= 4 is 23.3 Å². The van der Waals surface area contributed by atoms with Crippen LogP contribution < -0.4 is 0 Å². The van der Waals surface area contributed by atoms with Crippen LogP contribution in [0, 0.1) is 0 Å². The SMILES string of the molecule is F[CH]1[Al]([Cl])[C]1(F)F. The fourth-order valence-electron chi connectivity index (χ4n) is 0.255. The smallest absolute Gasteiger partial charge is 0.257 e. The Kier molecular flexibility index (Phi) is 1.07. The molecule has 0 N–H and O–H groups in total. The molecule has 1 fully saturated rings. The normalized spacial score (nSPS) is 36.0. The summed E-state index contributed by atoms with van der Waals surface area (Å²) in [6.07, 6.45) is 0. The second-order valence-corrected chi connectivity index (χ2v) is 5.05. The van der Waals surface area contributed by atoms with Crippen molar-refractivity contribution in [2.45, 2.75) is 9.82 Å². The molecule has 0 amide bonds. The predicted octanol–water partition coefficient (Wildman–Crippen LogP) is 1.28. The molecule has 0 aromatic carbocycles. The van der Waals surface area contributed by atoms with Gasteiger partial charge in [-0.3, -0.25) is 4.39 Å². The first-order valence-corrected chi connectivity index (χ1v) is 4.71. The fourth-order valence-corrected chi connectivity index (χ4v) is 2.07. The average Bonchev–Trinajstić information content (AvgIpc) is 1.91. The standard InChI is InChI=1S/C2HF3.Al.ClH/c3-1-2(4)5;;/h1H;;1H/q;+1;/p-1. The zero-order chi connectivity index (χ0) is 5.65. The molecule has 1 saturated heterocycles. The van der Waals surface area contributed by atoms with Crippen LogP contribution in [0.3, 0.4) is 0 Å². The summed E-state index contributed by atoms with van der Waals surface area (Å²) in [5.41, 5.74) is 0. The van der Waals surface area contributed by atoms with Gasteiger partial charge in [0, 0.05) is 0 Å². The molecule has 0 aromatic rings. The Labute approximate surface area is 46.9 Å². The lowest BCUT2D eigenvalue weighted by atomic mass is 10.8. The highest BCUT2D eigenvalue weighted by atomic mass is 35.6. The van der Waals surface area contributed by atoms with E-state index in [9.17, 15) is 13.2 Å². The van der Waals surface area contributed by atoms with Crippen LogP contribution in [0.4, 0.5) is 13.2 Å². The van der Waals surface area contributed by atoms with Gasteiger partial charge in [-0.05, 0) is 0 Å². The molecule has 0 nitrogen and oxygen atoms in total. The van der Waals surface area contributed by atoms with Gasteiger partial charge in [-0.1, -0.05) is 0 Å². The summed E-state index contributed by atoms with van der Waals surface area (Å²) in [5.74, 6) is 0. The van der Waals surface area contributed by atoms with Crippen molar-refractivity contribution in [2.75, 3.05) is 0 Å². The maximum atomic E-state index is 11.5. The minimum Gasteiger partial charge on any atom is -0.257 e. The maximum absolute atomic E-state index is 11.5. The molecule has 5 heteroatoms. The fraction of sp³-hybridized carbons (Fsp3) is 1.00. The van der Waals surface area contributed by atoms with Gasteiger partial charge in [-0.2, -0.15) is 0 Å². The molecule has 1 heterocycles. The molecular weight excluding hydrogens is 143 g/mol.